The summed E-state index contributed by atoms with van der Waals surface area (Å²) in [5.41, 5.74) is 4.37. The maximum absolute atomic E-state index is 5.57. The summed E-state index contributed by atoms with van der Waals surface area (Å²) in [4.78, 5) is 2.68. The first-order valence-electron chi connectivity index (χ1n) is 8.28. The molecule has 0 N–H and O–H groups in total. The van der Waals surface area contributed by atoms with E-state index in [2.05, 4.69) is 53.4 Å². The molecule has 1 saturated heterocycles. The van der Waals surface area contributed by atoms with Gasteiger partial charge in [0, 0.05) is 12.6 Å². The third-order valence-corrected chi connectivity index (χ3v) is 5.37. The molecule has 2 heteroatoms. The van der Waals surface area contributed by atoms with E-state index in [1.54, 1.807) is 7.11 Å². The summed E-state index contributed by atoms with van der Waals surface area (Å²) in [6.45, 7) is 2.31. The van der Waals surface area contributed by atoms with Gasteiger partial charge in [0.2, 0.25) is 0 Å². The van der Waals surface area contributed by atoms with E-state index in [9.17, 15) is 0 Å². The molecule has 1 aliphatic carbocycles. The normalized spacial score (nSPS) is 23.9. The minimum atomic E-state index is 0.694. The van der Waals surface area contributed by atoms with Crippen LogP contribution in [0.5, 0.6) is 5.75 Å². The molecular formula is C20H23NO. The molecular weight excluding hydrogens is 270 g/mol. The van der Waals surface area contributed by atoms with Gasteiger partial charge in [-0.15, -0.1) is 0 Å². The first-order valence-corrected chi connectivity index (χ1v) is 8.28. The van der Waals surface area contributed by atoms with Crippen LogP contribution >= 0.6 is 0 Å². The molecule has 2 nitrogen and oxygen atoms in total. The Kier molecular flexibility index (Phi) is 3.63. The lowest BCUT2D eigenvalue weighted by molar-refractivity contribution is 0.207. The molecule has 0 amide bonds. The Morgan fingerprint density at radius 1 is 1.05 bits per heavy atom. The van der Waals surface area contributed by atoms with Crippen LogP contribution in [0.25, 0.3) is 0 Å². The topological polar surface area (TPSA) is 12.5 Å². The van der Waals surface area contributed by atoms with Crippen LogP contribution in [0.1, 0.15) is 23.1 Å². The first-order chi connectivity index (χ1) is 10.8. The van der Waals surface area contributed by atoms with Gasteiger partial charge in [0.05, 0.1) is 7.11 Å². The van der Waals surface area contributed by atoms with E-state index in [4.69, 9.17) is 4.74 Å². The largest absolute Gasteiger partial charge is 0.496 e. The molecule has 0 aromatic heterocycles. The van der Waals surface area contributed by atoms with Crippen LogP contribution in [-0.4, -0.2) is 24.6 Å². The number of hydrogen-bond acceptors (Lipinski definition) is 2. The highest BCUT2D eigenvalue weighted by Crippen LogP contribution is 2.39. The van der Waals surface area contributed by atoms with Crippen LogP contribution in [0.2, 0.25) is 0 Å². The molecule has 0 bridgehead atoms. The molecule has 2 aromatic rings. The van der Waals surface area contributed by atoms with Gasteiger partial charge in [0.1, 0.15) is 5.75 Å². The summed E-state index contributed by atoms with van der Waals surface area (Å²) >= 11 is 0. The number of rotatable bonds is 3. The molecule has 0 saturated carbocycles. The number of fused-ring (bicyclic) bond motifs is 2. The fourth-order valence-electron chi connectivity index (χ4n) is 4.25. The van der Waals surface area contributed by atoms with Crippen LogP contribution < -0.4 is 4.74 Å². The van der Waals surface area contributed by atoms with E-state index in [1.165, 1.54) is 42.5 Å². The number of hydrogen-bond donors (Lipinski definition) is 0. The van der Waals surface area contributed by atoms with Gasteiger partial charge in [-0.3, -0.25) is 4.90 Å². The van der Waals surface area contributed by atoms with Gasteiger partial charge in [-0.05, 0) is 54.5 Å². The molecule has 4 rings (SSSR count). The van der Waals surface area contributed by atoms with Crippen molar-refractivity contribution in [3.63, 3.8) is 0 Å². The van der Waals surface area contributed by atoms with Crippen LogP contribution in [-0.2, 0) is 19.4 Å². The van der Waals surface area contributed by atoms with Gasteiger partial charge in [-0.25, -0.2) is 0 Å². The van der Waals surface area contributed by atoms with Crippen LogP contribution in [0, 0.1) is 5.92 Å². The van der Waals surface area contributed by atoms with Crippen molar-refractivity contribution in [2.75, 3.05) is 13.7 Å². The highest BCUT2D eigenvalue weighted by Gasteiger charge is 2.38. The molecule has 2 aromatic carbocycles. The van der Waals surface area contributed by atoms with Crippen molar-refractivity contribution in [3.8, 4) is 5.75 Å². The monoisotopic (exact) mass is 293 g/mol. The highest BCUT2D eigenvalue weighted by molar-refractivity contribution is 5.43. The van der Waals surface area contributed by atoms with E-state index in [0.29, 0.717) is 6.04 Å². The quantitative estimate of drug-likeness (QED) is 0.856. The Labute approximate surface area is 132 Å². The minimum Gasteiger partial charge on any atom is -0.496 e. The van der Waals surface area contributed by atoms with E-state index in [1.807, 2.05) is 0 Å². The smallest absolute Gasteiger partial charge is 0.122 e. The van der Waals surface area contributed by atoms with Gasteiger partial charge in [-0.2, -0.15) is 0 Å². The Morgan fingerprint density at radius 2 is 1.91 bits per heavy atom. The SMILES string of the molecule is COc1cccc2c1C[C@@H]1CCN(Cc3ccccc3)[C@H]1C2. The number of likely N-dealkylation sites (tertiary alicyclic amines) is 1. The van der Waals surface area contributed by atoms with Crippen molar-refractivity contribution >= 4 is 0 Å². The Morgan fingerprint density at radius 3 is 2.73 bits per heavy atom. The van der Waals surface area contributed by atoms with Crippen molar-refractivity contribution in [2.45, 2.75) is 31.8 Å². The third-order valence-electron chi connectivity index (χ3n) is 5.37. The van der Waals surface area contributed by atoms with Gasteiger partial charge in [-0.1, -0.05) is 42.5 Å². The van der Waals surface area contributed by atoms with E-state index in [0.717, 1.165) is 18.2 Å². The molecule has 1 heterocycles. The lowest BCUT2D eigenvalue weighted by Gasteiger charge is -2.34. The van der Waals surface area contributed by atoms with E-state index in [-0.39, 0.29) is 0 Å². The molecule has 0 spiro atoms. The highest BCUT2D eigenvalue weighted by atomic mass is 16.5. The molecule has 0 unspecified atom stereocenters. The first kappa shape index (κ1) is 13.8. The summed E-state index contributed by atoms with van der Waals surface area (Å²) in [5, 5.41) is 0. The van der Waals surface area contributed by atoms with Gasteiger partial charge >= 0.3 is 0 Å². The second-order valence-corrected chi connectivity index (χ2v) is 6.58. The number of nitrogens with zero attached hydrogens (tertiary/aromatic N) is 1. The zero-order valence-electron chi connectivity index (χ0n) is 13.2. The molecule has 1 aliphatic heterocycles. The maximum Gasteiger partial charge on any atom is 0.122 e. The van der Waals surface area contributed by atoms with Gasteiger partial charge in [0.25, 0.3) is 0 Å². The van der Waals surface area contributed by atoms with Crippen molar-refractivity contribution in [1.29, 1.82) is 0 Å². The zero-order chi connectivity index (χ0) is 14.9. The number of benzene rings is 2. The summed E-state index contributed by atoms with van der Waals surface area (Å²) < 4.78 is 5.57. The molecule has 2 atom stereocenters. The third kappa shape index (κ3) is 2.42. The second kappa shape index (κ2) is 5.77. The minimum absolute atomic E-state index is 0.694. The summed E-state index contributed by atoms with van der Waals surface area (Å²) in [5.74, 6) is 1.87. The Bertz CT molecular complexity index is 652. The van der Waals surface area contributed by atoms with Crippen molar-refractivity contribution < 1.29 is 4.74 Å². The summed E-state index contributed by atoms with van der Waals surface area (Å²) in [6.07, 6.45) is 3.66. The van der Waals surface area contributed by atoms with Crippen molar-refractivity contribution in [3.05, 3.63) is 65.2 Å². The summed E-state index contributed by atoms with van der Waals surface area (Å²) in [6, 6.07) is 18.1. The molecule has 2 aliphatic rings. The number of methoxy groups -OCH3 is 1. The van der Waals surface area contributed by atoms with Crippen molar-refractivity contribution in [1.82, 2.24) is 4.90 Å². The van der Waals surface area contributed by atoms with E-state index < -0.39 is 0 Å². The van der Waals surface area contributed by atoms with Crippen molar-refractivity contribution in [2.24, 2.45) is 5.92 Å². The fraction of sp³-hybridized carbons (Fsp3) is 0.400. The van der Waals surface area contributed by atoms with E-state index >= 15 is 0 Å². The predicted octanol–water partition coefficient (Wildman–Crippen LogP) is 3.68. The maximum atomic E-state index is 5.57. The van der Waals surface area contributed by atoms with Gasteiger partial charge in [0.15, 0.2) is 0 Å². The second-order valence-electron chi connectivity index (χ2n) is 6.58. The number of ether oxygens (including phenoxy) is 1. The van der Waals surface area contributed by atoms with Crippen LogP contribution in [0.3, 0.4) is 0 Å². The van der Waals surface area contributed by atoms with Crippen LogP contribution in [0.15, 0.2) is 48.5 Å². The van der Waals surface area contributed by atoms with Gasteiger partial charge < -0.3 is 4.74 Å². The molecule has 1 fully saturated rings. The Hall–Kier alpha value is -1.80. The lowest BCUT2D eigenvalue weighted by atomic mass is 9.80. The summed E-state index contributed by atoms with van der Waals surface area (Å²) in [7, 11) is 1.79. The van der Waals surface area contributed by atoms with Crippen LogP contribution in [0.4, 0.5) is 0 Å². The zero-order valence-corrected chi connectivity index (χ0v) is 13.2. The average molecular weight is 293 g/mol. The molecule has 22 heavy (non-hydrogen) atoms. The fourth-order valence-corrected chi connectivity index (χ4v) is 4.25. The predicted molar refractivity (Wildman–Crippen MR) is 89.1 cm³/mol. The Balaban J connectivity index is 1.56. The molecule has 0 radical (unpaired) electrons. The average Bonchev–Trinajstić information content (AvgIpc) is 2.95. The lowest BCUT2D eigenvalue weighted by Crippen LogP contribution is -2.37. The molecule has 114 valence electrons. The standard InChI is InChI=1S/C20H23NO/c1-22-20-9-5-8-16-13-19-17(12-18(16)20)10-11-21(19)14-15-6-3-2-4-7-15/h2-9,17,19H,10-14H2,1H3/t17-,19-/m0/s1.